The van der Waals surface area contributed by atoms with Crippen LogP contribution < -0.4 is 9.80 Å². The summed E-state index contributed by atoms with van der Waals surface area (Å²) in [4.78, 5) is 6.91. The molecule has 3 aromatic carbocycles. The molecular weight excluding hydrogens is 558 g/mol. The van der Waals surface area contributed by atoms with Crippen molar-refractivity contribution in [3.8, 4) is 0 Å². The summed E-state index contributed by atoms with van der Waals surface area (Å²) in [5.41, 5.74) is 10.9. The van der Waals surface area contributed by atoms with Crippen LogP contribution in [0.1, 0.15) is 43.0 Å². The summed E-state index contributed by atoms with van der Waals surface area (Å²) in [5, 5.41) is 0. The summed E-state index contributed by atoms with van der Waals surface area (Å²) < 4.78 is 0. The Labute approximate surface area is 271 Å². The topological polar surface area (TPSA) is 9.72 Å². The van der Waals surface area contributed by atoms with Gasteiger partial charge in [-0.25, -0.2) is 0 Å². The second kappa shape index (κ2) is 16.3. The van der Waals surface area contributed by atoms with E-state index in [-0.39, 0.29) is 0 Å². The molecule has 0 bridgehead atoms. The maximum atomic E-state index is 6.06. The van der Waals surface area contributed by atoms with Crippen molar-refractivity contribution in [2.75, 3.05) is 56.0 Å². The third-order valence-corrected chi connectivity index (χ3v) is 8.50. The van der Waals surface area contributed by atoms with E-state index in [0.29, 0.717) is 11.9 Å². The minimum absolute atomic E-state index is 0.304. The van der Waals surface area contributed by atoms with Crippen LogP contribution in [0.4, 0.5) is 11.4 Å². The predicted octanol–water partition coefficient (Wildman–Crippen LogP) is 9.40. The lowest BCUT2D eigenvalue weighted by Crippen LogP contribution is -2.24. The van der Waals surface area contributed by atoms with Crippen LogP contribution in [0, 0.1) is 6.92 Å². The smallest absolute Gasteiger partial charge is 0.0462 e. The van der Waals surface area contributed by atoms with Gasteiger partial charge in [-0.05, 0) is 99.5 Å². The number of hydrogen-bond acceptors (Lipinski definition) is 3. The first-order valence-corrected chi connectivity index (χ1v) is 16.4. The van der Waals surface area contributed by atoms with Gasteiger partial charge in [-0.15, -0.1) is 11.6 Å². The first-order valence-electron chi connectivity index (χ1n) is 15.9. The van der Waals surface area contributed by atoms with Crippen molar-refractivity contribution < 1.29 is 0 Å². The van der Waals surface area contributed by atoms with Crippen LogP contribution in [-0.4, -0.2) is 57.1 Å². The van der Waals surface area contributed by atoms with E-state index in [0.717, 1.165) is 26.2 Å². The number of halogens is 1. The molecule has 0 radical (unpaired) electrons. The van der Waals surface area contributed by atoms with Crippen molar-refractivity contribution in [3.63, 3.8) is 0 Å². The third kappa shape index (κ3) is 8.43. The predicted molar refractivity (Wildman–Crippen MR) is 195 cm³/mol. The molecule has 4 rings (SSSR count). The highest BCUT2D eigenvalue weighted by atomic mass is 35.5. The molecule has 0 spiro atoms. The van der Waals surface area contributed by atoms with E-state index in [1.165, 1.54) is 50.3 Å². The van der Waals surface area contributed by atoms with Crippen LogP contribution in [0.3, 0.4) is 0 Å². The van der Waals surface area contributed by atoms with E-state index in [1.807, 2.05) is 0 Å². The van der Waals surface area contributed by atoms with Crippen LogP contribution in [0.5, 0.6) is 0 Å². The molecule has 0 fully saturated rings. The Morgan fingerprint density at radius 2 is 1.20 bits per heavy atom. The average molecular weight is 606 g/mol. The van der Waals surface area contributed by atoms with Gasteiger partial charge >= 0.3 is 0 Å². The zero-order chi connectivity index (χ0) is 31.5. The standard InChI is InChI=1S/C40H48ClN3/c1-7-43(8-2)37-25-19-34(20-26-37)40(33-17-23-36(24-18-33)42(5)6)12-10-11-39(32-15-13-31(4)14-16-32)35-21-27-38(28-22-35)44(9-3)30-29-41/h10-28,36H,7-9,29-30H2,1-6H3. The number of benzene rings is 3. The Morgan fingerprint density at radius 3 is 1.70 bits per heavy atom. The first kappa shape index (κ1) is 33.1. The molecule has 0 aromatic heterocycles. The SMILES string of the molecule is CCN(CC)c1ccc(C(C=CC=C(c2ccc(C)cc2)c2ccc(N(CC)CCCl)cc2)=C2C=CC(N(C)C)C=C2)cc1. The van der Waals surface area contributed by atoms with Crippen LogP contribution >= 0.6 is 11.6 Å². The molecule has 3 nitrogen and oxygen atoms in total. The molecule has 4 heteroatoms. The molecule has 0 heterocycles. The van der Waals surface area contributed by atoms with E-state index in [2.05, 4.69) is 172 Å². The zero-order valence-corrected chi connectivity index (χ0v) is 28.1. The molecule has 0 N–H and O–H groups in total. The maximum Gasteiger partial charge on any atom is 0.0462 e. The van der Waals surface area contributed by atoms with Gasteiger partial charge < -0.3 is 9.80 Å². The number of nitrogens with zero attached hydrogens (tertiary/aromatic N) is 3. The fourth-order valence-electron chi connectivity index (χ4n) is 5.60. The molecule has 3 aromatic rings. The highest BCUT2D eigenvalue weighted by Crippen LogP contribution is 2.30. The summed E-state index contributed by atoms with van der Waals surface area (Å²) in [7, 11) is 4.23. The number of anilines is 2. The Hall–Kier alpha value is -3.79. The second-order valence-corrected chi connectivity index (χ2v) is 11.8. The number of aryl methyl sites for hydroxylation is 1. The lowest BCUT2D eigenvalue weighted by atomic mass is 9.93. The minimum atomic E-state index is 0.304. The fraction of sp³-hybridized carbons (Fsp3) is 0.300. The van der Waals surface area contributed by atoms with Crippen molar-refractivity contribution in [3.05, 3.63) is 143 Å². The van der Waals surface area contributed by atoms with Crippen LogP contribution in [0.25, 0.3) is 11.1 Å². The van der Waals surface area contributed by atoms with Gasteiger partial charge in [0.1, 0.15) is 0 Å². The summed E-state index contributed by atoms with van der Waals surface area (Å²) in [6, 6.07) is 27.0. The molecule has 1 aliphatic rings. The summed E-state index contributed by atoms with van der Waals surface area (Å²) in [6.45, 7) is 12.5. The highest BCUT2D eigenvalue weighted by molar-refractivity contribution is 6.18. The molecule has 0 amide bonds. The Morgan fingerprint density at radius 1 is 0.705 bits per heavy atom. The fourth-order valence-corrected chi connectivity index (χ4v) is 5.81. The Balaban J connectivity index is 1.75. The van der Waals surface area contributed by atoms with Crippen molar-refractivity contribution >= 4 is 34.1 Å². The van der Waals surface area contributed by atoms with E-state index in [1.54, 1.807) is 0 Å². The van der Waals surface area contributed by atoms with E-state index in [4.69, 9.17) is 11.6 Å². The maximum absolute atomic E-state index is 6.06. The molecule has 0 saturated heterocycles. The van der Waals surface area contributed by atoms with Gasteiger partial charge in [0.15, 0.2) is 0 Å². The summed E-state index contributed by atoms with van der Waals surface area (Å²) >= 11 is 6.06. The zero-order valence-electron chi connectivity index (χ0n) is 27.3. The Bertz CT molecular complexity index is 1470. The van der Waals surface area contributed by atoms with Gasteiger partial charge in [0, 0.05) is 49.5 Å². The molecular formula is C40H48ClN3. The van der Waals surface area contributed by atoms with Crippen LogP contribution in [-0.2, 0) is 0 Å². The Kier molecular flexibility index (Phi) is 12.3. The van der Waals surface area contributed by atoms with Gasteiger partial charge in [-0.1, -0.05) is 96.6 Å². The lowest BCUT2D eigenvalue weighted by Gasteiger charge is -2.22. The molecule has 230 valence electrons. The van der Waals surface area contributed by atoms with E-state index >= 15 is 0 Å². The molecule has 44 heavy (non-hydrogen) atoms. The van der Waals surface area contributed by atoms with Crippen molar-refractivity contribution in [2.45, 2.75) is 33.7 Å². The van der Waals surface area contributed by atoms with Crippen molar-refractivity contribution in [1.82, 2.24) is 4.90 Å². The van der Waals surface area contributed by atoms with Crippen LogP contribution in [0.15, 0.2) is 121 Å². The third-order valence-electron chi connectivity index (χ3n) is 8.33. The van der Waals surface area contributed by atoms with Crippen LogP contribution in [0.2, 0.25) is 0 Å². The minimum Gasteiger partial charge on any atom is -0.372 e. The van der Waals surface area contributed by atoms with Gasteiger partial charge in [0.2, 0.25) is 0 Å². The summed E-state index contributed by atoms with van der Waals surface area (Å²) in [6.07, 6.45) is 15.8. The number of allylic oxidation sites excluding steroid dienone is 7. The van der Waals surface area contributed by atoms with Gasteiger partial charge in [0.25, 0.3) is 0 Å². The first-order chi connectivity index (χ1) is 21.4. The van der Waals surface area contributed by atoms with Crippen molar-refractivity contribution in [2.24, 2.45) is 0 Å². The number of alkyl halides is 1. The molecule has 1 aliphatic carbocycles. The van der Waals surface area contributed by atoms with Gasteiger partial charge in [-0.2, -0.15) is 0 Å². The number of hydrogen-bond donors (Lipinski definition) is 0. The molecule has 0 saturated carbocycles. The van der Waals surface area contributed by atoms with E-state index < -0.39 is 0 Å². The average Bonchev–Trinajstić information content (AvgIpc) is 3.05. The van der Waals surface area contributed by atoms with E-state index in [9.17, 15) is 0 Å². The quantitative estimate of drug-likeness (QED) is 0.142. The van der Waals surface area contributed by atoms with Gasteiger partial charge in [0.05, 0.1) is 0 Å². The summed E-state index contributed by atoms with van der Waals surface area (Å²) in [5.74, 6) is 0.616. The van der Waals surface area contributed by atoms with Gasteiger partial charge in [-0.3, -0.25) is 4.90 Å². The normalized spacial score (nSPS) is 15.0. The molecule has 0 unspecified atom stereocenters. The van der Waals surface area contributed by atoms with Crippen molar-refractivity contribution in [1.29, 1.82) is 0 Å². The monoisotopic (exact) mass is 605 g/mol. The number of likely N-dealkylation sites (N-methyl/N-ethyl adjacent to an activating group) is 1. The highest BCUT2D eigenvalue weighted by Gasteiger charge is 2.12. The second-order valence-electron chi connectivity index (χ2n) is 11.4. The number of rotatable bonds is 13. The molecule has 0 atom stereocenters. The molecule has 0 aliphatic heterocycles. The largest absolute Gasteiger partial charge is 0.372 e. The lowest BCUT2D eigenvalue weighted by molar-refractivity contribution is 0.390.